The number of nitrogens with one attached hydrogen (secondary N) is 1. The van der Waals surface area contributed by atoms with Crippen LogP contribution in [0.5, 0.6) is 5.75 Å². The first-order valence-electron chi connectivity index (χ1n) is 6.83. The van der Waals surface area contributed by atoms with Gasteiger partial charge in [-0.05, 0) is 56.4 Å². The number of fused-ring (bicyclic) bond motifs is 1. The van der Waals surface area contributed by atoms with Gasteiger partial charge in [0.25, 0.3) is 0 Å². The summed E-state index contributed by atoms with van der Waals surface area (Å²) >= 11 is 0. The van der Waals surface area contributed by atoms with Crippen molar-refractivity contribution < 1.29 is 9.84 Å². The standard InChI is InChI=1S/C15H23NO2/c1-11(2)18-9-8-16-15-5-3-4-12-6-7-13(17)10-14(12)15/h6-7,10-11,15-17H,3-5,8-9H2,1-2H3. The summed E-state index contributed by atoms with van der Waals surface area (Å²) in [4.78, 5) is 0. The van der Waals surface area contributed by atoms with E-state index in [-0.39, 0.29) is 6.10 Å². The zero-order valence-electron chi connectivity index (χ0n) is 11.3. The van der Waals surface area contributed by atoms with Crippen LogP contribution < -0.4 is 5.32 Å². The molecule has 0 spiro atoms. The predicted octanol–water partition coefficient (Wildman–Crippen LogP) is 2.78. The third-order valence-corrected chi connectivity index (χ3v) is 3.39. The van der Waals surface area contributed by atoms with E-state index in [4.69, 9.17) is 4.74 Å². The van der Waals surface area contributed by atoms with Gasteiger partial charge in [0.2, 0.25) is 0 Å². The zero-order chi connectivity index (χ0) is 13.0. The maximum Gasteiger partial charge on any atom is 0.115 e. The molecule has 18 heavy (non-hydrogen) atoms. The van der Waals surface area contributed by atoms with E-state index in [1.54, 1.807) is 6.07 Å². The smallest absolute Gasteiger partial charge is 0.115 e. The van der Waals surface area contributed by atoms with E-state index in [0.29, 0.717) is 11.8 Å². The van der Waals surface area contributed by atoms with E-state index in [2.05, 4.69) is 5.32 Å². The van der Waals surface area contributed by atoms with Gasteiger partial charge in [-0.2, -0.15) is 0 Å². The first kappa shape index (κ1) is 13.4. The molecule has 0 saturated heterocycles. The molecule has 1 atom stereocenters. The van der Waals surface area contributed by atoms with Crippen molar-refractivity contribution >= 4 is 0 Å². The molecule has 0 bridgehead atoms. The van der Waals surface area contributed by atoms with E-state index in [0.717, 1.165) is 26.0 Å². The SMILES string of the molecule is CC(C)OCCNC1CCCc2ccc(O)cc21. The average Bonchev–Trinajstić information content (AvgIpc) is 2.34. The van der Waals surface area contributed by atoms with Crippen molar-refractivity contribution in [3.05, 3.63) is 29.3 Å². The first-order chi connectivity index (χ1) is 8.66. The van der Waals surface area contributed by atoms with Gasteiger partial charge in [-0.3, -0.25) is 0 Å². The molecule has 1 aliphatic rings. The Bertz CT molecular complexity index is 390. The van der Waals surface area contributed by atoms with Gasteiger partial charge in [-0.15, -0.1) is 0 Å². The Kier molecular flexibility index (Phi) is 4.61. The number of phenols is 1. The highest BCUT2D eigenvalue weighted by atomic mass is 16.5. The summed E-state index contributed by atoms with van der Waals surface area (Å²) in [6.45, 7) is 5.70. The zero-order valence-corrected chi connectivity index (χ0v) is 11.3. The van der Waals surface area contributed by atoms with Crippen molar-refractivity contribution in [1.29, 1.82) is 0 Å². The van der Waals surface area contributed by atoms with Gasteiger partial charge in [0.1, 0.15) is 5.75 Å². The summed E-state index contributed by atoms with van der Waals surface area (Å²) in [5.74, 6) is 0.362. The molecule has 2 N–H and O–H groups in total. The highest BCUT2D eigenvalue weighted by Gasteiger charge is 2.19. The third kappa shape index (κ3) is 3.47. The van der Waals surface area contributed by atoms with Crippen LogP contribution in [0, 0.1) is 0 Å². The highest BCUT2D eigenvalue weighted by molar-refractivity contribution is 5.38. The Morgan fingerprint density at radius 2 is 2.28 bits per heavy atom. The van der Waals surface area contributed by atoms with Crippen LogP contribution in [-0.4, -0.2) is 24.4 Å². The second-order valence-electron chi connectivity index (χ2n) is 5.20. The molecule has 0 aromatic heterocycles. The second kappa shape index (κ2) is 6.21. The average molecular weight is 249 g/mol. The van der Waals surface area contributed by atoms with Crippen LogP contribution in [0.3, 0.4) is 0 Å². The molecule has 1 aromatic rings. The summed E-state index contributed by atoms with van der Waals surface area (Å²) in [6.07, 6.45) is 3.75. The molecule has 0 saturated carbocycles. The maximum atomic E-state index is 9.60. The fourth-order valence-electron chi connectivity index (χ4n) is 2.53. The molecule has 0 fully saturated rings. The Labute approximate surface area is 109 Å². The maximum absolute atomic E-state index is 9.60. The van der Waals surface area contributed by atoms with Gasteiger partial charge >= 0.3 is 0 Å². The van der Waals surface area contributed by atoms with Crippen LogP contribution in [0.4, 0.5) is 0 Å². The minimum atomic E-state index is 0.287. The summed E-state index contributed by atoms with van der Waals surface area (Å²) in [5.41, 5.74) is 2.62. The van der Waals surface area contributed by atoms with Crippen molar-refractivity contribution in [3.8, 4) is 5.75 Å². The molecule has 1 aliphatic carbocycles. The van der Waals surface area contributed by atoms with Gasteiger partial charge < -0.3 is 15.2 Å². The van der Waals surface area contributed by atoms with E-state index in [1.165, 1.54) is 17.5 Å². The van der Waals surface area contributed by atoms with E-state index in [1.807, 2.05) is 26.0 Å². The summed E-state index contributed by atoms with van der Waals surface area (Å²) in [6, 6.07) is 6.08. The van der Waals surface area contributed by atoms with Crippen LogP contribution in [0.25, 0.3) is 0 Å². The van der Waals surface area contributed by atoms with Crippen LogP contribution >= 0.6 is 0 Å². The Morgan fingerprint density at radius 3 is 3.06 bits per heavy atom. The number of aryl methyl sites for hydroxylation is 1. The number of hydrogen-bond donors (Lipinski definition) is 2. The minimum Gasteiger partial charge on any atom is -0.508 e. The molecule has 0 aliphatic heterocycles. The lowest BCUT2D eigenvalue weighted by molar-refractivity contribution is 0.0790. The van der Waals surface area contributed by atoms with Crippen LogP contribution in [0.1, 0.15) is 43.9 Å². The number of rotatable bonds is 5. The number of aromatic hydroxyl groups is 1. The monoisotopic (exact) mass is 249 g/mol. The molecular weight excluding hydrogens is 226 g/mol. The molecular formula is C15H23NO2. The largest absolute Gasteiger partial charge is 0.508 e. The number of hydrogen-bond acceptors (Lipinski definition) is 3. The van der Waals surface area contributed by atoms with Gasteiger partial charge in [0.05, 0.1) is 12.7 Å². The normalized spacial score (nSPS) is 18.9. The molecule has 3 heteroatoms. The predicted molar refractivity (Wildman–Crippen MR) is 72.9 cm³/mol. The molecule has 0 radical (unpaired) electrons. The fourth-order valence-corrected chi connectivity index (χ4v) is 2.53. The number of phenolic OH excluding ortho intramolecular Hbond substituents is 1. The van der Waals surface area contributed by atoms with Gasteiger partial charge in [0, 0.05) is 12.6 Å². The van der Waals surface area contributed by atoms with E-state index < -0.39 is 0 Å². The van der Waals surface area contributed by atoms with Gasteiger partial charge in [-0.1, -0.05) is 6.07 Å². The summed E-state index contributed by atoms with van der Waals surface area (Å²) in [5, 5.41) is 13.1. The lowest BCUT2D eigenvalue weighted by Crippen LogP contribution is -2.28. The van der Waals surface area contributed by atoms with Gasteiger partial charge in [-0.25, -0.2) is 0 Å². The fraction of sp³-hybridized carbons (Fsp3) is 0.600. The van der Waals surface area contributed by atoms with Crippen molar-refractivity contribution in [2.75, 3.05) is 13.2 Å². The van der Waals surface area contributed by atoms with Crippen molar-refractivity contribution in [2.24, 2.45) is 0 Å². The highest BCUT2D eigenvalue weighted by Crippen LogP contribution is 2.31. The Morgan fingerprint density at radius 1 is 1.44 bits per heavy atom. The lowest BCUT2D eigenvalue weighted by Gasteiger charge is -2.26. The summed E-state index contributed by atoms with van der Waals surface area (Å²) < 4.78 is 5.53. The van der Waals surface area contributed by atoms with Crippen LogP contribution in [-0.2, 0) is 11.2 Å². The molecule has 0 heterocycles. The second-order valence-corrected chi connectivity index (χ2v) is 5.20. The third-order valence-electron chi connectivity index (χ3n) is 3.39. The Balaban J connectivity index is 1.93. The molecule has 1 aromatic carbocycles. The molecule has 100 valence electrons. The van der Waals surface area contributed by atoms with E-state index in [9.17, 15) is 5.11 Å². The van der Waals surface area contributed by atoms with E-state index >= 15 is 0 Å². The minimum absolute atomic E-state index is 0.287. The number of benzene rings is 1. The van der Waals surface area contributed by atoms with Crippen LogP contribution in [0.2, 0.25) is 0 Å². The Hall–Kier alpha value is -1.06. The van der Waals surface area contributed by atoms with Crippen molar-refractivity contribution in [2.45, 2.75) is 45.3 Å². The number of ether oxygens (including phenoxy) is 1. The quantitative estimate of drug-likeness (QED) is 0.788. The summed E-state index contributed by atoms with van der Waals surface area (Å²) in [7, 11) is 0. The molecule has 1 unspecified atom stereocenters. The molecule has 2 rings (SSSR count). The van der Waals surface area contributed by atoms with Crippen molar-refractivity contribution in [3.63, 3.8) is 0 Å². The van der Waals surface area contributed by atoms with Gasteiger partial charge in [0.15, 0.2) is 0 Å². The lowest BCUT2D eigenvalue weighted by atomic mass is 9.87. The molecule has 3 nitrogen and oxygen atoms in total. The topological polar surface area (TPSA) is 41.5 Å². The molecule has 0 amide bonds. The van der Waals surface area contributed by atoms with Crippen LogP contribution in [0.15, 0.2) is 18.2 Å². The van der Waals surface area contributed by atoms with Crippen molar-refractivity contribution in [1.82, 2.24) is 5.32 Å². The first-order valence-corrected chi connectivity index (χ1v) is 6.83.